The highest BCUT2D eigenvalue weighted by Gasteiger charge is 2.29. The number of hydrogen-bond acceptors (Lipinski definition) is 2. The number of hydrogen-bond donors (Lipinski definition) is 2. The lowest BCUT2D eigenvalue weighted by Crippen LogP contribution is -2.42. The van der Waals surface area contributed by atoms with E-state index in [2.05, 4.69) is 24.1 Å². The topological polar surface area (TPSA) is 62.0 Å². The Morgan fingerprint density at radius 2 is 2.28 bits per heavy atom. The normalized spacial score (nSPS) is 22.4. The van der Waals surface area contributed by atoms with Gasteiger partial charge in [0.05, 0.1) is 0 Å². The molecule has 1 aliphatic carbocycles. The molecule has 1 aromatic rings. The molecular formula is C14H20N2O2. The summed E-state index contributed by atoms with van der Waals surface area (Å²) < 4.78 is 0. The molecule has 1 heterocycles. The van der Waals surface area contributed by atoms with Crippen LogP contribution >= 0.6 is 0 Å². The largest absolute Gasteiger partial charge is 0.367 e. The zero-order valence-corrected chi connectivity index (χ0v) is 11.0. The van der Waals surface area contributed by atoms with E-state index in [-0.39, 0.29) is 28.4 Å². The number of aromatic amines is 1. The van der Waals surface area contributed by atoms with Crippen LogP contribution in [-0.4, -0.2) is 16.9 Å². The van der Waals surface area contributed by atoms with Gasteiger partial charge in [-0.15, -0.1) is 0 Å². The number of aromatic nitrogens is 1. The van der Waals surface area contributed by atoms with Crippen LogP contribution in [0.4, 0.5) is 0 Å². The quantitative estimate of drug-likeness (QED) is 0.841. The second-order valence-electron chi connectivity index (χ2n) is 5.85. The summed E-state index contributed by atoms with van der Waals surface area (Å²) in [4.78, 5) is 26.3. The third-order valence-electron chi connectivity index (χ3n) is 3.61. The summed E-state index contributed by atoms with van der Waals surface area (Å²) in [5.41, 5.74) is 0.237. The van der Waals surface area contributed by atoms with E-state index in [0.29, 0.717) is 0 Å². The highest BCUT2D eigenvalue weighted by atomic mass is 16.2. The molecule has 1 aliphatic rings. The molecule has 0 aromatic carbocycles. The van der Waals surface area contributed by atoms with Crippen LogP contribution < -0.4 is 10.7 Å². The minimum absolute atomic E-state index is 0.181. The molecule has 0 bridgehead atoms. The van der Waals surface area contributed by atoms with Gasteiger partial charge in [0.1, 0.15) is 5.56 Å². The second-order valence-corrected chi connectivity index (χ2v) is 5.85. The van der Waals surface area contributed by atoms with Crippen LogP contribution in [0.15, 0.2) is 23.3 Å². The molecule has 1 amide bonds. The molecule has 1 aromatic heterocycles. The van der Waals surface area contributed by atoms with Crippen molar-refractivity contribution in [1.82, 2.24) is 10.3 Å². The van der Waals surface area contributed by atoms with Crippen molar-refractivity contribution in [2.24, 2.45) is 5.41 Å². The summed E-state index contributed by atoms with van der Waals surface area (Å²) in [5.74, 6) is -0.264. The highest BCUT2D eigenvalue weighted by Crippen LogP contribution is 2.35. The van der Waals surface area contributed by atoms with Gasteiger partial charge >= 0.3 is 0 Å². The molecule has 1 atom stereocenters. The van der Waals surface area contributed by atoms with Crippen molar-refractivity contribution >= 4 is 5.91 Å². The molecule has 98 valence electrons. The van der Waals surface area contributed by atoms with Crippen molar-refractivity contribution in [1.29, 1.82) is 0 Å². The van der Waals surface area contributed by atoms with Crippen molar-refractivity contribution in [2.75, 3.05) is 0 Å². The fourth-order valence-corrected chi connectivity index (χ4v) is 2.68. The number of H-pyrrole nitrogens is 1. The first-order valence-electron chi connectivity index (χ1n) is 6.46. The first-order valence-corrected chi connectivity index (χ1v) is 6.46. The van der Waals surface area contributed by atoms with Crippen molar-refractivity contribution in [3.8, 4) is 0 Å². The van der Waals surface area contributed by atoms with Crippen LogP contribution in [0.2, 0.25) is 0 Å². The maximum Gasteiger partial charge on any atom is 0.256 e. The Bertz CT molecular complexity index is 491. The molecule has 0 spiro atoms. The van der Waals surface area contributed by atoms with Crippen LogP contribution in [0, 0.1) is 5.41 Å². The number of carbonyl (C=O) groups excluding carboxylic acids is 1. The third kappa shape index (κ3) is 3.00. The standard InChI is InChI=1S/C14H20N2O2/c1-14(2)6-3-4-10(8-14)16-13(18)11-9-15-7-5-12(11)17/h5,7,9-10H,3-4,6,8H2,1-2H3,(H,15,17)(H,16,18). The van der Waals surface area contributed by atoms with Crippen LogP contribution in [0.1, 0.15) is 49.9 Å². The van der Waals surface area contributed by atoms with Crippen molar-refractivity contribution < 1.29 is 4.79 Å². The zero-order chi connectivity index (χ0) is 13.2. The predicted octanol–water partition coefficient (Wildman–Crippen LogP) is 2.07. The first-order chi connectivity index (χ1) is 8.48. The van der Waals surface area contributed by atoms with Gasteiger partial charge in [-0.3, -0.25) is 9.59 Å². The van der Waals surface area contributed by atoms with Crippen LogP contribution in [0.5, 0.6) is 0 Å². The maximum absolute atomic E-state index is 12.0. The summed E-state index contributed by atoms with van der Waals surface area (Å²) in [7, 11) is 0. The Hall–Kier alpha value is -1.58. The molecule has 0 aliphatic heterocycles. The minimum atomic E-state index is -0.264. The van der Waals surface area contributed by atoms with Gasteiger partial charge in [-0.05, 0) is 24.7 Å². The molecule has 1 saturated carbocycles. The van der Waals surface area contributed by atoms with Crippen molar-refractivity contribution in [2.45, 2.75) is 45.6 Å². The number of carbonyl (C=O) groups is 1. The van der Waals surface area contributed by atoms with Gasteiger partial charge in [-0.2, -0.15) is 0 Å². The molecule has 1 unspecified atom stereocenters. The van der Waals surface area contributed by atoms with Gasteiger partial charge in [-0.1, -0.05) is 20.3 Å². The van der Waals surface area contributed by atoms with Crippen LogP contribution in [0.3, 0.4) is 0 Å². The van der Waals surface area contributed by atoms with Crippen LogP contribution in [-0.2, 0) is 0 Å². The van der Waals surface area contributed by atoms with E-state index in [4.69, 9.17) is 0 Å². The molecular weight excluding hydrogens is 228 g/mol. The highest BCUT2D eigenvalue weighted by molar-refractivity contribution is 5.93. The fourth-order valence-electron chi connectivity index (χ4n) is 2.68. The molecule has 2 rings (SSSR count). The van der Waals surface area contributed by atoms with Crippen LogP contribution in [0.25, 0.3) is 0 Å². The number of pyridine rings is 1. The minimum Gasteiger partial charge on any atom is -0.367 e. The molecule has 2 N–H and O–H groups in total. The monoisotopic (exact) mass is 248 g/mol. The predicted molar refractivity (Wildman–Crippen MR) is 70.6 cm³/mol. The lowest BCUT2D eigenvalue weighted by atomic mass is 9.75. The number of nitrogens with one attached hydrogen (secondary N) is 2. The Morgan fingerprint density at radius 3 is 2.94 bits per heavy atom. The van der Waals surface area contributed by atoms with E-state index in [1.807, 2.05) is 0 Å². The third-order valence-corrected chi connectivity index (χ3v) is 3.61. The van der Waals surface area contributed by atoms with Crippen molar-refractivity contribution in [3.63, 3.8) is 0 Å². The Balaban J connectivity index is 2.04. The van der Waals surface area contributed by atoms with E-state index < -0.39 is 0 Å². The Morgan fingerprint density at radius 1 is 1.50 bits per heavy atom. The average Bonchev–Trinajstić information content (AvgIpc) is 2.28. The zero-order valence-electron chi connectivity index (χ0n) is 11.0. The van der Waals surface area contributed by atoms with Crippen molar-refractivity contribution in [3.05, 3.63) is 34.2 Å². The molecule has 1 fully saturated rings. The van der Waals surface area contributed by atoms with E-state index >= 15 is 0 Å². The molecule has 0 radical (unpaired) electrons. The summed E-state index contributed by atoms with van der Waals surface area (Å²) in [6, 6.07) is 1.56. The lowest BCUT2D eigenvalue weighted by molar-refractivity contribution is 0.0901. The summed E-state index contributed by atoms with van der Waals surface area (Å²) >= 11 is 0. The average molecular weight is 248 g/mol. The second kappa shape index (κ2) is 4.96. The molecule has 18 heavy (non-hydrogen) atoms. The van der Waals surface area contributed by atoms with Gasteiger partial charge in [0.15, 0.2) is 5.43 Å². The van der Waals surface area contributed by atoms with E-state index in [1.165, 1.54) is 24.9 Å². The SMILES string of the molecule is CC1(C)CCCC(NC(=O)c2c[nH]ccc2=O)C1. The van der Waals surface area contributed by atoms with Gasteiger partial charge in [-0.25, -0.2) is 0 Å². The smallest absolute Gasteiger partial charge is 0.256 e. The molecule has 4 nitrogen and oxygen atoms in total. The molecule has 0 saturated heterocycles. The van der Waals surface area contributed by atoms with Gasteiger partial charge < -0.3 is 10.3 Å². The lowest BCUT2D eigenvalue weighted by Gasteiger charge is -2.35. The van der Waals surface area contributed by atoms with Gasteiger partial charge in [0.25, 0.3) is 5.91 Å². The summed E-state index contributed by atoms with van der Waals surface area (Å²) in [6.45, 7) is 4.45. The summed E-state index contributed by atoms with van der Waals surface area (Å²) in [6.07, 6.45) is 7.30. The fraction of sp³-hybridized carbons (Fsp3) is 0.571. The Kier molecular flexibility index (Phi) is 3.55. The van der Waals surface area contributed by atoms with Gasteiger partial charge in [0.2, 0.25) is 0 Å². The van der Waals surface area contributed by atoms with E-state index in [0.717, 1.165) is 19.3 Å². The van der Waals surface area contributed by atoms with Gasteiger partial charge in [0, 0.05) is 24.5 Å². The first kappa shape index (κ1) is 12.9. The maximum atomic E-state index is 12.0. The van der Waals surface area contributed by atoms with E-state index in [1.54, 1.807) is 0 Å². The Labute approximate surface area is 107 Å². The summed E-state index contributed by atoms with van der Waals surface area (Å²) in [5, 5.41) is 2.97. The molecule has 4 heteroatoms. The van der Waals surface area contributed by atoms with E-state index in [9.17, 15) is 9.59 Å². The number of amides is 1. The number of rotatable bonds is 2.